The number of aryl methyl sites for hydroxylation is 1. The van der Waals surface area contributed by atoms with Crippen LogP contribution in [0.25, 0.3) is 0 Å². The first-order chi connectivity index (χ1) is 15.2. The Morgan fingerprint density at radius 3 is 3.06 bits per heavy atom. The van der Waals surface area contributed by atoms with Crippen LogP contribution in [0, 0.1) is 11.8 Å². The Kier molecular flexibility index (Phi) is 5.80. The van der Waals surface area contributed by atoms with Gasteiger partial charge in [-0.3, -0.25) is 4.79 Å². The number of piperidine rings is 3. The zero-order chi connectivity index (χ0) is 21.2. The number of fused-ring (bicyclic) bond motifs is 4. The highest BCUT2D eigenvalue weighted by molar-refractivity contribution is 5.79. The second kappa shape index (κ2) is 8.86. The first-order valence-corrected chi connectivity index (χ1v) is 11.6. The van der Waals surface area contributed by atoms with Crippen LogP contribution in [0.1, 0.15) is 43.9 Å². The Labute approximate surface area is 182 Å². The van der Waals surface area contributed by atoms with Crippen LogP contribution in [0.4, 0.5) is 0 Å². The van der Waals surface area contributed by atoms with Crippen molar-refractivity contribution < 1.29 is 19.2 Å². The lowest BCUT2D eigenvalue weighted by molar-refractivity contribution is -0.945. The largest absolute Gasteiger partial charge is 0.454 e. The summed E-state index contributed by atoms with van der Waals surface area (Å²) in [5, 5.41) is 11.8. The number of ether oxygens (including phenoxy) is 2. The second-order valence-electron chi connectivity index (χ2n) is 9.14. The molecule has 5 heterocycles. The molecule has 0 radical (unpaired) electrons. The number of amides is 1. The van der Waals surface area contributed by atoms with Crippen molar-refractivity contribution in [3.63, 3.8) is 0 Å². The third-order valence-electron chi connectivity index (χ3n) is 7.07. The molecule has 3 saturated heterocycles. The highest BCUT2D eigenvalue weighted by atomic mass is 16.7. The predicted octanol–water partition coefficient (Wildman–Crippen LogP) is 0.959. The Morgan fingerprint density at radius 1 is 1.32 bits per heavy atom. The molecule has 1 aromatic heterocycles. The molecule has 2 aromatic rings. The number of carbonyl (C=O) groups is 1. The maximum Gasteiger partial charge on any atom is 0.231 e. The van der Waals surface area contributed by atoms with E-state index in [0.29, 0.717) is 18.5 Å². The van der Waals surface area contributed by atoms with E-state index in [9.17, 15) is 4.79 Å². The van der Waals surface area contributed by atoms with Crippen molar-refractivity contribution >= 4 is 5.91 Å². The van der Waals surface area contributed by atoms with Crippen molar-refractivity contribution in [2.75, 3.05) is 19.9 Å². The highest BCUT2D eigenvalue weighted by Crippen LogP contribution is 2.32. The minimum atomic E-state index is 0.102. The van der Waals surface area contributed by atoms with Crippen LogP contribution in [-0.2, 0) is 24.3 Å². The van der Waals surface area contributed by atoms with E-state index in [1.54, 1.807) is 0 Å². The van der Waals surface area contributed by atoms with Crippen LogP contribution in [0.15, 0.2) is 24.4 Å². The molecule has 1 aromatic carbocycles. The van der Waals surface area contributed by atoms with Crippen molar-refractivity contribution in [2.45, 2.75) is 58.2 Å². The van der Waals surface area contributed by atoms with Gasteiger partial charge < -0.3 is 19.7 Å². The van der Waals surface area contributed by atoms with Gasteiger partial charge in [0.05, 0.1) is 31.2 Å². The minimum absolute atomic E-state index is 0.102. The van der Waals surface area contributed by atoms with Crippen LogP contribution in [-0.4, -0.2) is 46.8 Å². The highest BCUT2D eigenvalue weighted by Gasteiger charge is 2.46. The third-order valence-corrected chi connectivity index (χ3v) is 7.07. The number of aromatic nitrogens is 3. The molecule has 4 aliphatic rings. The quantitative estimate of drug-likeness (QED) is 0.657. The van der Waals surface area contributed by atoms with E-state index >= 15 is 0 Å². The van der Waals surface area contributed by atoms with E-state index in [-0.39, 0.29) is 18.6 Å². The van der Waals surface area contributed by atoms with Gasteiger partial charge in [0.25, 0.3) is 0 Å². The summed E-state index contributed by atoms with van der Waals surface area (Å²) in [7, 11) is 0. The maximum atomic E-state index is 13.0. The molecule has 2 N–H and O–H groups in total. The Hall–Kier alpha value is -2.61. The molecule has 0 aliphatic carbocycles. The first kappa shape index (κ1) is 20.3. The average molecular weight is 427 g/mol. The molecule has 31 heavy (non-hydrogen) atoms. The molecule has 2 bridgehead atoms. The van der Waals surface area contributed by atoms with Crippen molar-refractivity contribution in [3.05, 3.63) is 35.7 Å². The molecule has 4 atom stereocenters. The molecule has 8 heteroatoms. The Balaban J connectivity index is 1.14. The number of hydrogen-bond donors (Lipinski definition) is 2. The summed E-state index contributed by atoms with van der Waals surface area (Å²) in [6.45, 7) is 5.95. The van der Waals surface area contributed by atoms with Gasteiger partial charge in [0.1, 0.15) is 6.04 Å². The van der Waals surface area contributed by atoms with Gasteiger partial charge in [0.15, 0.2) is 11.5 Å². The summed E-state index contributed by atoms with van der Waals surface area (Å²) < 4.78 is 12.8. The number of nitrogens with zero attached hydrogens (tertiary/aromatic N) is 3. The average Bonchev–Trinajstić information content (AvgIpc) is 3.45. The Morgan fingerprint density at radius 2 is 2.23 bits per heavy atom. The standard InChI is InChI=1S/C23H31N5O3/c1-2-3-4-18-12-28(26-25-18)13-19-10-17-7-8-27(19)14-20(17)23(29)24-11-16-5-6-21-22(9-16)31-15-30-21/h5-6,9,12,17,19-20H,2-4,7-8,10-11,13-15H2,1H3,(H,24,29)/p+1/t17-,19-,20+/m1/s1. The van der Waals surface area contributed by atoms with Gasteiger partial charge in [-0.2, -0.15) is 0 Å². The van der Waals surface area contributed by atoms with E-state index in [2.05, 4.69) is 28.7 Å². The first-order valence-electron chi connectivity index (χ1n) is 11.6. The molecular weight excluding hydrogens is 394 g/mol. The van der Waals surface area contributed by atoms with Gasteiger partial charge in [-0.15, -0.1) is 5.10 Å². The molecule has 0 saturated carbocycles. The summed E-state index contributed by atoms with van der Waals surface area (Å²) in [5.41, 5.74) is 2.13. The number of unbranched alkanes of at least 4 members (excludes halogenated alkanes) is 1. The van der Waals surface area contributed by atoms with E-state index in [1.807, 2.05) is 22.9 Å². The van der Waals surface area contributed by atoms with Crippen LogP contribution in [0.5, 0.6) is 11.5 Å². The molecule has 3 fully saturated rings. The van der Waals surface area contributed by atoms with Crippen molar-refractivity contribution in [1.82, 2.24) is 20.3 Å². The number of benzene rings is 1. The van der Waals surface area contributed by atoms with Gasteiger partial charge in [-0.1, -0.05) is 24.6 Å². The maximum absolute atomic E-state index is 13.0. The van der Waals surface area contributed by atoms with Gasteiger partial charge in [-0.25, -0.2) is 4.68 Å². The Bertz CT molecular complexity index is 930. The van der Waals surface area contributed by atoms with Crippen molar-refractivity contribution in [1.29, 1.82) is 0 Å². The normalized spacial score (nSPS) is 26.2. The monoisotopic (exact) mass is 426 g/mol. The van der Waals surface area contributed by atoms with Crippen LogP contribution in [0.2, 0.25) is 0 Å². The van der Waals surface area contributed by atoms with Gasteiger partial charge in [-0.05, 0) is 36.5 Å². The third kappa shape index (κ3) is 4.39. The van der Waals surface area contributed by atoms with E-state index < -0.39 is 0 Å². The molecule has 8 nitrogen and oxygen atoms in total. The number of carbonyl (C=O) groups excluding carboxylic acids is 1. The number of hydrogen-bond acceptors (Lipinski definition) is 5. The van der Waals surface area contributed by atoms with Crippen LogP contribution < -0.4 is 19.7 Å². The van der Waals surface area contributed by atoms with Crippen LogP contribution >= 0.6 is 0 Å². The molecule has 166 valence electrons. The summed E-state index contributed by atoms with van der Waals surface area (Å²) in [4.78, 5) is 14.5. The summed E-state index contributed by atoms with van der Waals surface area (Å²) >= 11 is 0. The molecule has 4 aliphatic heterocycles. The predicted molar refractivity (Wildman–Crippen MR) is 114 cm³/mol. The fraction of sp³-hybridized carbons (Fsp3) is 0.609. The second-order valence-corrected chi connectivity index (χ2v) is 9.14. The van der Waals surface area contributed by atoms with Gasteiger partial charge >= 0.3 is 0 Å². The lowest BCUT2D eigenvalue weighted by Crippen LogP contribution is -3.20. The van der Waals surface area contributed by atoms with E-state index in [1.165, 1.54) is 11.3 Å². The van der Waals surface area contributed by atoms with Crippen molar-refractivity contribution in [3.8, 4) is 11.5 Å². The zero-order valence-corrected chi connectivity index (χ0v) is 18.2. The van der Waals surface area contributed by atoms with Gasteiger partial charge in [0, 0.05) is 25.6 Å². The number of quaternary nitrogens is 1. The summed E-state index contributed by atoms with van der Waals surface area (Å²) in [6, 6.07) is 6.37. The van der Waals surface area contributed by atoms with Crippen LogP contribution in [0.3, 0.4) is 0 Å². The summed E-state index contributed by atoms with van der Waals surface area (Å²) in [5.74, 6) is 2.27. The molecular formula is C23H32N5O3+. The lowest BCUT2D eigenvalue weighted by Gasteiger charge is -2.46. The number of nitrogens with one attached hydrogen (secondary N) is 2. The SMILES string of the molecule is CCCCc1cn(C[C@H]2C[C@H]3CC[NH+]2C[C@@H]3C(=O)NCc2ccc3c(c2)OCO3)nn1. The minimum Gasteiger partial charge on any atom is -0.454 e. The van der Waals surface area contributed by atoms with Gasteiger partial charge in [0.2, 0.25) is 12.7 Å². The molecule has 1 amide bonds. The smallest absolute Gasteiger partial charge is 0.231 e. The lowest BCUT2D eigenvalue weighted by atomic mass is 9.75. The topological polar surface area (TPSA) is 82.7 Å². The fourth-order valence-electron chi connectivity index (χ4n) is 5.32. The number of rotatable bonds is 8. The van der Waals surface area contributed by atoms with E-state index in [0.717, 1.165) is 68.1 Å². The summed E-state index contributed by atoms with van der Waals surface area (Å²) in [6.07, 6.45) is 7.66. The van der Waals surface area contributed by atoms with E-state index in [4.69, 9.17) is 9.47 Å². The molecule has 0 spiro atoms. The molecule has 6 rings (SSSR count). The zero-order valence-electron chi connectivity index (χ0n) is 18.2. The fourth-order valence-corrected chi connectivity index (χ4v) is 5.32. The molecule has 1 unspecified atom stereocenters. The van der Waals surface area contributed by atoms with Crippen molar-refractivity contribution in [2.24, 2.45) is 11.8 Å².